The average molecular weight is 309 g/mol. The zero-order chi connectivity index (χ0) is 14.8. The van der Waals surface area contributed by atoms with E-state index in [2.05, 4.69) is 10.3 Å². The van der Waals surface area contributed by atoms with Crippen LogP contribution in [0.5, 0.6) is 0 Å². The molecule has 2 aliphatic heterocycles. The van der Waals surface area contributed by atoms with Crippen LogP contribution in [-0.4, -0.2) is 40.5 Å². The number of thioether (sulfide) groups is 1. The number of aryl methyl sites for hydroxylation is 1. The number of hydrogen-bond donors (Lipinski definition) is 1. The summed E-state index contributed by atoms with van der Waals surface area (Å²) in [5.41, 5.74) is 0.577. The van der Waals surface area contributed by atoms with Crippen molar-refractivity contribution >= 4 is 17.7 Å². The first-order chi connectivity index (χ1) is 10.1. The van der Waals surface area contributed by atoms with Gasteiger partial charge in [0.25, 0.3) is 5.56 Å². The molecule has 0 bridgehead atoms. The average Bonchev–Trinajstić information content (AvgIpc) is 3.11. The van der Waals surface area contributed by atoms with Crippen molar-refractivity contribution in [3.8, 4) is 0 Å². The molecular formula is C14H19N3O3S. The van der Waals surface area contributed by atoms with Crippen molar-refractivity contribution in [2.75, 3.05) is 18.9 Å². The second-order valence-electron chi connectivity index (χ2n) is 5.51. The van der Waals surface area contributed by atoms with Crippen LogP contribution in [0.4, 0.5) is 0 Å². The van der Waals surface area contributed by atoms with Crippen LogP contribution >= 0.6 is 11.8 Å². The molecule has 0 unspecified atom stereocenters. The summed E-state index contributed by atoms with van der Waals surface area (Å²) in [6, 6.07) is -0.102. The van der Waals surface area contributed by atoms with Gasteiger partial charge in [-0.3, -0.25) is 14.2 Å². The van der Waals surface area contributed by atoms with E-state index in [1.165, 1.54) is 11.8 Å². The topological polar surface area (TPSA) is 73.2 Å². The van der Waals surface area contributed by atoms with E-state index >= 15 is 0 Å². The second-order valence-corrected chi connectivity index (χ2v) is 6.49. The van der Waals surface area contributed by atoms with Crippen molar-refractivity contribution in [3.63, 3.8) is 0 Å². The zero-order valence-corrected chi connectivity index (χ0v) is 12.8. The molecule has 0 aliphatic carbocycles. The lowest BCUT2D eigenvalue weighted by atomic mass is 10.2. The lowest BCUT2D eigenvalue weighted by molar-refractivity contribution is -0.122. The van der Waals surface area contributed by atoms with Gasteiger partial charge in [0.15, 0.2) is 5.16 Å². The molecule has 3 heterocycles. The number of nitrogens with zero attached hydrogens (tertiary/aromatic N) is 2. The first-order valence-electron chi connectivity index (χ1n) is 7.24. The molecule has 7 heteroatoms. The van der Waals surface area contributed by atoms with E-state index in [1.54, 1.807) is 17.7 Å². The lowest BCUT2D eigenvalue weighted by Crippen LogP contribution is -2.35. The highest BCUT2D eigenvalue weighted by Gasteiger charge is 2.28. The van der Waals surface area contributed by atoms with E-state index in [1.807, 2.05) is 0 Å². The fraction of sp³-hybridized carbons (Fsp3) is 0.643. The van der Waals surface area contributed by atoms with Gasteiger partial charge >= 0.3 is 0 Å². The summed E-state index contributed by atoms with van der Waals surface area (Å²) in [6.07, 6.45) is 4.13. The Hall–Kier alpha value is -1.34. The summed E-state index contributed by atoms with van der Waals surface area (Å²) in [4.78, 5) is 28.5. The third-order valence-electron chi connectivity index (χ3n) is 3.87. The standard InChI is InChI=1S/C14H19N3O3S/c1-9-6-16-14-17(13(9)19)10(8-21-14)5-12(18)15-7-11-3-2-4-20-11/h6,10-11H,2-5,7-8H2,1H3,(H,15,18)/t10-,11-/m0/s1. The van der Waals surface area contributed by atoms with Gasteiger partial charge in [0.1, 0.15) is 0 Å². The Balaban J connectivity index is 1.61. The van der Waals surface area contributed by atoms with Crippen LogP contribution in [0.25, 0.3) is 0 Å². The number of aromatic nitrogens is 2. The van der Waals surface area contributed by atoms with Gasteiger partial charge in [-0.15, -0.1) is 0 Å². The van der Waals surface area contributed by atoms with Gasteiger partial charge in [-0.1, -0.05) is 11.8 Å². The van der Waals surface area contributed by atoms with Gasteiger partial charge in [-0.05, 0) is 19.8 Å². The van der Waals surface area contributed by atoms with Crippen LogP contribution in [0, 0.1) is 6.92 Å². The molecule has 2 aliphatic rings. The molecule has 21 heavy (non-hydrogen) atoms. The van der Waals surface area contributed by atoms with E-state index in [4.69, 9.17) is 4.74 Å². The molecule has 2 atom stereocenters. The highest BCUT2D eigenvalue weighted by atomic mass is 32.2. The van der Waals surface area contributed by atoms with Crippen LogP contribution in [0.2, 0.25) is 0 Å². The fourth-order valence-electron chi connectivity index (χ4n) is 2.69. The van der Waals surface area contributed by atoms with Crippen molar-refractivity contribution in [1.82, 2.24) is 14.9 Å². The Morgan fingerprint density at radius 1 is 1.62 bits per heavy atom. The van der Waals surface area contributed by atoms with Crippen molar-refractivity contribution in [2.24, 2.45) is 0 Å². The number of fused-ring (bicyclic) bond motifs is 1. The Labute approximate surface area is 127 Å². The minimum atomic E-state index is -0.102. The van der Waals surface area contributed by atoms with Gasteiger partial charge < -0.3 is 10.1 Å². The number of carbonyl (C=O) groups is 1. The Morgan fingerprint density at radius 2 is 2.48 bits per heavy atom. The summed E-state index contributed by atoms with van der Waals surface area (Å²) < 4.78 is 7.14. The number of nitrogens with one attached hydrogen (secondary N) is 1. The van der Waals surface area contributed by atoms with Crippen LogP contribution in [0.15, 0.2) is 16.1 Å². The molecule has 0 aromatic carbocycles. The molecule has 0 spiro atoms. The molecule has 1 amide bonds. The number of ether oxygens (including phenoxy) is 1. The summed E-state index contributed by atoms with van der Waals surface area (Å²) in [5, 5.41) is 3.62. The summed E-state index contributed by atoms with van der Waals surface area (Å²) in [7, 11) is 0. The number of rotatable bonds is 4. The fourth-order valence-corrected chi connectivity index (χ4v) is 3.80. The second kappa shape index (κ2) is 6.19. The third kappa shape index (κ3) is 3.13. The molecule has 1 aromatic heterocycles. The molecule has 114 valence electrons. The summed E-state index contributed by atoms with van der Waals surface area (Å²) in [6.45, 7) is 3.10. The van der Waals surface area contributed by atoms with E-state index in [9.17, 15) is 9.59 Å². The van der Waals surface area contributed by atoms with Crippen LogP contribution in [0.1, 0.15) is 30.9 Å². The maximum absolute atomic E-state index is 12.2. The van der Waals surface area contributed by atoms with Gasteiger partial charge in [0.2, 0.25) is 5.91 Å². The highest BCUT2D eigenvalue weighted by Crippen LogP contribution is 2.31. The van der Waals surface area contributed by atoms with E-state index in [0.717, 1.165) is 25.2 Å². The van der Waals surface area contributed by atoms with Gasteiger partial charge in [0.05, 0.1) is 12.1 Å². The molecule has 1 N–H and O–H groups in total. The van der Waals surface area contributed by atoms with Crippen molar-refractivity contribution in [1.29, 1.82) is 0 Å². The lowest BCUT2D eigenvalue weighted by Gasteiger charge is -2.15. The van der Waals surface area contributed by atoms with E-state index in [-0.39, 0.29) is 23.6 Å². The SMILES string of the molecule is Cc1cnc2n(c1=O)[C@@H](CC(=O)NC[C@@H]1CCCO1)CS2. The zero-order valence-electron chi connectivity index (χ0n) is 12.0. The smallest absolute Gasteiger partial charge is 0.257 e. The van der Waals surface area contributed by atoms with Crippen molar-refractivity contribution < 1.29 is 9.53 Å². The molecule has 6 nitrogen and oxygen atoms in total. The van der Waals surface area contributed by atoms with Gasteiger partial charge in [-0.25, -0.2) is 4.98 Å². The van der Waals surface area contributed by atoms with Gasteiger partial charge in [0, 0.05) is 37.1 Å². The maximum atomic E-state index is 12.2. The van der Waals surface area contributed by atoms with E-state index in [0.29, 0.717) is 23.7 Å². The molecule has 0 saturated carbocycles. The molecular weight excluding hydrogens is 290 g/mol. The maximum Gasteiger partial charge on any atom is 0.257 e. The van der Waals surface area contributed by atoms with Crippen LogP contribution < -0.4 is 10.9 Å². The molecule has 1 fully saturated rings. The van der Waals surface area contributed by atoms with Crippen molar-refractivity contribution in [2.45, 2.75) is 43.5 Å². The predicted octanol–water partition coefficient (Wildman–Crippen LogP) is 0.884. The Morgan fingerprint density at radius 3 is 3.24 bits per heavy atom. The quantitative estimate of drug-likeness (QED) is 0.836. The number of amides is 1. The van der Waals surface area contributed by atoms with Crippen LogP contribution in [-0.2, 0) is 9.53 Å². The molecule has 1 saturated heterocycles. The molecule has 0 radical (unpaired) electrons. The van der Waals surface area contributed by atoms with Crippen molar-refractivity contribution in [3.05, 3.63) is 22.1 Å². The largest absolute Gasteiger partial charge is 0.376 e. The minimum absolute atomic E-state index is 0.0302. The molecule has 1 aromatic rings. The molecule has 3 rings (SSSR count). The predicted molar refractivity (Wildman–Crippen MR) is 79.6 cm³/mol. The monoisotopic (exact) mass is 309 g/mol. The highest BCUT2D eigenvalue weighted by molar-refractivity contribution is 7.99. The minimum Gasteiger partial charge on any atom is -0.376 e. The van der Waals surface area contributed by atoms with Gasteiger partial charge in [-0.2, -0.15) is 0 Å². The summed E-state index contributed by atoms with van der Waals surface area (Å²) >= 11 is 1.53. The first-order valence-corrected chi connectivity index (χ1v) is 8.23. The van der Waals surface area contributed by atoms with E-state index < -0.39 is 0 Å². The normalized spacial score (nSPS) is 24.0. The first kappa shape index (κ1) is 14.6. The Bertz CT molecular complexity index is 596. The Kier molecular flexibility index (Phi) is 4.30. The third-order valence-corrected chi connectivity index (χ3v) is 4.98. The number of hydrogen-bond acceptors (Lipinski definition) is 5. The van der Waals surface area contributed by atoms with Crippen LogP contribution in [0.3, 0.4) is 0 Å². The number of carbonyl (C=O) groups excluding carboxylic acids is 1. The summed E-state index contributed by atoms with van der Waals surface area (Å²) in [5.74, 6) is 0.691.